The Morgan fingerprint density at radius 1 is 0.562 bits per heavy atom. The molecule has 0 atom stereocenters. The van der Waals surface area contributed by atoms with Crippen molar-refractivity contribution < 1.29 is 48.1 Å². The molecule has 16 heteroatoms. The van der Waals surface area contributed by atoms with Crippen molar-refractivity contribution in [2.24, 2.45) is 0 Å². The SMILES string of the molecule is O=[As]([O-])(O)O.O=[As]([O-])(O)O.O=[As]([O-])(O)O.[Al+3]. The Balaban J connectivity index is -0.0000000655. The van der Waals surface area contributed by atoms with Crippen LogP contribution in [0.3, 0.4) is 0 Å². The summed E-state index contributed by atoms with van der Waals surface area (Å²) in [5, 5.41) is 0. The van der Waals surface area contributed by atoms with Crippen molar-refractivity contribution >= 4 is 60.9 Å². The van der Waals surface area contributed by atoms with E-state index in [0.29, 0.717) is 0 Å². The molecule has 0 aliphatic rings. The fourth-order valence-electron chi connectivity index (χ4n) is 0. The second kappa shape index (κ2) is 10.2. The van der Waals surface area contributed by atoms with Crippen LogP contribution in [-0.2, 0) is 11.2 Å². The quantitative estimate of drug-likeness (QED) is 0.189. The third kappa shape index (κ3) is 1990. The van der Waals surface area contributed by atoms with E-state index < -0.39 is 43.5 Å². The molecule has 96 valence electrons. The molecule has 0 spiro atoms. The number of hydrogen-bond donors (Lipinski definition) is 6. The largest absolute Gasteiger partial charge is 3.00 e. The van der Waals surface area contributed by atoms with E-state index in [9.17, 15) is 0 Å². The minimum atomic E-state index is -5.38. The van der Waals surface area contributed by atoms with Crippen LogP contribution in [0.2, 0.25) is 0 Å². The summed E-state index contributed by atoms with van der Waals surface area (Å²) >= 11 is -16.1. The van der Waals surface area contributed by atoms with E-state index in [4.69, 9.17) is 48.1 Å². The van der Waals surface area contributed by atoms with Crippen LogP contribution in [0, 0.1) is 0 Å². The van der Waals surface area contributed by atoms with Crippen molar-refractivity contribution in [3.8, 4) is 0 Å². The molecule has 0 unspecified atom stereocenters. The molecule has 6 N–H and O–H groups in total. The minimum absolute atomic E-state index is 0. The van der Waals surface area contributed by atoms with E-state index in [0.717, 1.165) is 0 Å². The molecule has 0 heterocycles. The van der Waals surface area contributed by atoms with E-state index in [1.165, 1.54) is 0 Å². The summed E-state index contributed by atoms with van der Waals surface area (Å²) in [7, 11) is 0. The predicted octanol–water partition coefficient (Wildman–Crippen LogP) is -8.79. The third-order valence-corrected chi connectivity index (χ3v) is 0. The van der Waals surface area contributed by atoms with Crippen LogP contribution in [0.4, 0.5) is 0 Å². The zero-order valence-corrected chi connectivity index (χ0v) is 13.8. The first-order valence-electron chi connectivity index (χ1n) is 2.30. The molecule has 16 heavy (non-hydrogen) atoms. The molecule has 0 radical (unpaired) electrons. The van der Waals surface area contributed by atoms with Crippen molar-refractivity contribution in [3.05, 3.63) is 0 Å². The maximum Gasteiger partial charge on any atom is 3.00 e. The number of hydrogen-bond acceptors (Lipinski definition) is 6. The summed E-state index contributed by atoms with van der Waals surface area (Å²) < 4.78 is 95.8. The van der Waals surface area contributed by atoms with E-state index in [1.807, 2.05) is 0 Å². The average Bonchev–Trinajstić information content (AvgIpc) is 1.41. The molecule has 0 aliphatic heterocycles. The fraction of sp³-hybridized carbons (Fsp3) is 0. The Labute approximate surface area is 108 Å². The molecule has 12 nitrogen and oxygen atoms in total. The summed E-state index contributed by atoms with van der Waals surface area (Å²) in [5.41, 5.74) is 0. The van der Waals surface area contributed by atoms with Crippen LogP contribution >= 0.6 is 0 Å². The topological polar surface area (TPSA) is 242 Å². The van der Waals surface area contributed by atoms with Crippen LogP contribution in [0.15, 0.2) is 0 Å². The van der Waals surface area contributed by atoms with Gasteiger partial charge in [0, 0.05) is 0 Å². The average molecular weight is 450 g/mol. The van der Waals surface area contributed by atoms with Gasteiger partial charge < -0.3 is 0 Å². The smallest absolute Gasteiger partial charge is 3.00 e. The molecule has 0 rings (SSSR count). The molecule has 0 aliphatic carbocycles. The molecule has 0 aromatic carbocycles. The summed E-state index contributed by atoms with van der Waals surface area (Å²) in [5.74, 6) is 0. The van der Waals surface area contributed by atoms with Crippen LogP contribution in [0.25, 0.3) is 0 Å². The molecule has 0 aromatic heterocycles. The van der Waals surface area contributed by atoms with Crippen LogP contribution < -0.4 is 12.3 Å². The van der Waals surface area contributed by atoms with Crippen molar-refractivity contribution in [1.29, 1.82) is 0 Å². The van der Waals surface area contributed by atoms with Gasteiger partial charge in [0.25, 0.3) is 0 Å². The molecule has 0 saturated heterocycles. The first kappa shape index (κ1) is 25.9. The maximum atomic E-state index is 8.83. The normalized spacial score (nSPS) is 11.1. The first-order valence-corrected chi connectivity index (χ1v) is 11.9. The Hall–Kier alpha value is 1.25. The molecule has 0 saturated carbocycles. The van der Waals surface area contributed by atoms with E-state index >= 15 is 0 Å². The predicted molar refractivity (Wildman–Crippen MR) is 38.4 cm³/mol. The molecule has 0 bridgehead atoms. The molecule has 0 aromatic rings. The number of rotatable bonds is 0. The molecular weight excluding hydrogens is 444 g/mol. The second-order valence-electron chi connectivity index (χ2n) is 1.47. The van der Waals surface area contributed by atoms with Gasteiger partial charge in [-0.2, -0.15) is 0 Å². The molecular formula is H6AlAs3O12. The summed E-state index contributed by atoms with van der Waals surface area (Å²) in [6.45, 7) is 0. The summed E-state index contributed by atoms with van der Waals surface area (Å²) in [6.07, 6.45) is 0. The van der Waals surface area contributed by atoms with Gasteiger partial charge in [0.2, 0.25) is 0 Å². The monoisotopic (exact) mass is 450 g/mol. The van der Waals surface area contributed by atoms with E-state index in [1.54, 1.807) is 0 Å². The van der Waals surface area contributed by atoms with Gasteiger partial charge in [-0.05, 0) is 0 Å². The van der Waals surface area contributed by atoms with Gasteiger partial charge in [-0.15, -0.1) is 0 Å². The molecule has 0 amide bonds. The van der Waals surface area contributed by atoms with Crippen molar-refractivity contribution in [3.63, 3.8) is 0 Å². The van der Waals surface area contributed by atoms with Gasteiger partial charge in [0.15, 0.2) is 0 Å². The first-order chi connectivity index (χ1) is 6.00. The second-order valence-corrected chi connectivity index (χ2v) is 7.65. The van der Waals surface area contributed by atoms with Crippen molar-refractivity contribution in [2.45, 2.75) is 0 Å². The van der Waals surface area contributed by atoms with E-state index in [-0.39, 0.29) is 17.4 Å². The summed E-state index contributed by atoms with van der Waals surface area (Å²) in [4.78, 5) is 0. The van der Waals surface area contributed by atoms with Gasteiger partial charge in [-0.3, -0.25) is 0 Å². The van der Waals surface area contributed by atoms with Gasteiger partial charge in [-0.1, -0.05) is 0 Å². The van der Waals surface area contributed by atoms with Gasteiger partial charge in [0.1, 0.15) is 0 Å². The van der Waals surface area contributed by atoms with Crippen molar-refractivity contribution in [1.82, 2.24) is 0 Å². The van der Waals surface area contributed by atoms with E-state index in [2.05, 4.69) is 0 Å². The Morgan fingerprint density at radius 3 is 0.562 bits per heavy atom. The Morgan fingerprint density at radius 2 is 0.562 bits per heavy atom. The van der Waals surface area contributed by atoms with Crippen molar-refractivity contribution in [2.75, 3.05) is 0 Å². The fourth-order valence-corrected chi connectivity index (χ4v) is 0. The van der Waals surface area contributed by atoms with Crippen LogP contribution in [0.1, 0.15) is 0 Å². The van der Waals surface area contributed by atoms with Gasteiger partial charge in [-0.25, -0.2) is 0 Å². The van der Waals surface area contributed by atoms with Crippen LogP contribution in [0.5, 0.6) is 0 Å². The standard InChI is InChI=1S/Al.3AsH3O4/c;3*2-1(3,4)5/h;3*(H3,2,3,4,5)/q+3;;;/p-3. The Bertz CT molecular complexity index is 202. The van der Waals surface area contributed by atoms with Crippen LogP contribution in [-0.4, -0.2) is 85.5 Å². The summed E-state index contributed by atoms with van der Waals surface area (Å²) in [6, 6.07) is 0. The zero-order valence-electron chi connectivity index (χ0n) is 7.05. The Kier molecular flexibility index (Phi) is 16.5. The van der Waals surface area contributed by atoms with Gasteiger partial charge in [0.05, 0.1) is 0 Å². The zero-order chi connectivity index (χ0) is 13.5. The third-order valence-electron chi connectivity index (χ3n) is 0. The van der Waals surface area contributed by atoms with Gasteiger partial charge >= 0.3 is 109 Å². The maximum absolute atomic E-state index is 8.83. The molecule has 0 fully saturated rings. The minimum Gasteiger partial charge on any atom is 3.00 e.